The highest BCUT2D eigenvalue weighted by Crippen LogP contribution is 2.43. The Morgan fingerprint density at radius 3 is 2.49 bits per heavy atom. The summed E-state index contributed by atoms with van der Waals surface area (Å²) >= 11 is 1.48. The first-order valence-electron chi connectivity index (χ1n) is 13.7. The number of rotatable bonds is 9. The predicted octanol–water partition coefficient (Wildman–Crippen LogP) is 4.10. The normalized spacial score (nSPS) is 21.4. The van der Waals surface area contributed by atoms with E-state index in [-0.39, 0.29) is 23.6 Å². The van der Waals surface area contributed by atoms with Gasteiger partial charge in [-0.3, -0.25) is 14.7 Å². The van der Waals surface area contributed by atoms with E-state index in [9.17, 15) is 27.6 Å². The zero-order valence-corrected chi connectivity index (χ0v) is 24.5. The van der Waals surface area contributed by atoms with Gasteiger partial charge in [-0.15, -0.1) is 11.8 Å². The van der Waals surface area contributed by atoms with Crippen LogP contribution >= 0.6 is 11.8 Å². The van der Waals surface area contributed by atoms with E-state index in [1.807, 2.05) is 0 Å². The zero-order valence-electron chi connectivity index (χ0n) is 23.6. The number of β-lactam (4-membered cyclic amide) rings is 1. The van der Waals surface area contributed by atoms with E-state index in [1.54, 1.807) is 37.4 Å². The number of aliphatic imine (C=N–C) groups is 1. The molecule has 3 aliphatic heterocycles. The van der Waals surface area contributed by atoms with E-state index >= 15 is 0 Å². The molecule has 0 unspecified atom stereocenters. The molecule has 0 saturated carbocycles. The Morgan fingerprint density at radius 2 is 1.81 bits per heavy atom. The quantitative estimate of drug-likeness (QED) is 0.137. The SMILES string of the molecule is COc1ccc(COC(=O)C2=C(C[N+]3(C)CCCC3)CS[C@@H]3[C@H](N=Cc4ccccc4OC(=O)C(F)(F)F)C(=O)N23)cc1. The van der Waals surface area contributed by atoms with E-state index < -0.39 is 35.4 Å². The number of carbonyl (C=O) groups is 3. The Kier molecular flexibility index (Phi) is 8.84. The summed E-state index contributed by atoms with van der Waals surface area (Å²) in [4.78, 5) is 44.1. The molecule has 13 heteroatoms. The largest absolute Gasteiger partial charge is 0.497 e. The number of esters is 2. The Morgan fingerprint density at radius 1 is 1.12 bits per heavy atom. The summed E-state index contributed by atoms with van der Waals surface area (Å²) in [5.74, 6) is -2.53. The number of quaternary nitrogens is 1. The second kappa shape index (κ2) is 12.4. The van der Waals surface area contributed by atoms with Gasteiger partial charge in [0.1, 0.15) is 35.7 Å². The van der Waals surface area contributed by atoms with Crippen LogP contribution in [0.4, 0.5) is 13.2 Å². The highest BCUT2D eigenvalue weighted by molar-refractivity contribution is 8.00. The van der Waals surface area contributed by atoms with Gasteiger partial charge in [0.05, 0.1) is 27.2 Å². The zero-order chi connectivity index (χ0) is 30.8. The first-order valence-corrected chi connectivity index (χ1v) is 14.8. The van der Waals surface area contributed by atoms with E-state index in [2.05, 4.69) is 16.8 Å². The number of halogens is 3. The van der Waals surface area contributed by atoms with Crippen LogP contribution in [0.1, 0.15) is 24.0 Å². The van der Waals surface area contributed by atoms with E-state index in [0.717, 1.165) is 41.6 Å². The molecule has 9 nitrogen and oxygen atoms in total. The number of fused-ring (bicyclic) bond motifs is 1. The van der Waals surface area contributed by atoms with E-state index in [0.29, 0.717) is 18.0 Å². The number of nitrogens with zero attached hydrogens (tertiary/aromatic N) is 3. The Hall–Kier alpha value is -3.84. The topological polar surface area (TPSA) is 94.5 Å². The Balaban J connectivity index is 1.35. The molecule has 5 rings (SSSR count). The molecule has 2 aromatic carbocycles. The molecule has 2 aromatic rings. The summed E-state index contributed by atoms with van der Waals surface area (Å²) < 4.78 is 54.4. The lowest BCUT2D eigenvalue weighted by Crippen LogP contribution is -2.64. The molecule has 0 radical (unpaired) electrons. The molecule has 2 saturated heterocycles. The van der Waals surface area contributed by atoms with Crippen LogP contribution in [0.5, 0.6) is 11.5 Å². The number of ether oxygens (including phenoxy) is 3. The summed E-state index contributed by atoms with van der Waals surface area (Å²) in [5, 5.41) is -0.496. The molecular weight excluding hydrogens is 587 g/mol. The molecule has 1 amide bonds. The third-order valence-corrected chi connectivity index (χ3v) is 9.01. The van der Waals surface area contributed by atoms with Crippen LogP contribution in [0, 0.1) is 0 Å². The summed E-state index contributed by atoms with van der Waals surface area (Å²) in [6.45, 7) is 2.58. The summed E-state index contributed by atoms with van der Waals surface area (Å²) in [7, 11) is 3.71. The minimum atomic E-state index is -5.16. The molecule has 0 bridgehead atoms. The fraction of sp³-hybridized carbons (Fsp3) is 0.400. The average Bonchev–Trinajstić information content (AvgIpc) is 3.42. The van der Waals surface area contributed by atoms with Gasteiger partial charge in [0, 0.05) is 35.9 Å². The summed E-state index contributed by atoms with van der Waals surface area (Å²) in [6.07, 6.45) is -1.76. The lowest BCUT2D eigenvalue weighted by molar-refractivity contribution is -0.893. The van der Waals surface area contributed by atoms with E-state index in [4.69, 9.17) is 9.47 Å². The standard InChI is InChI=1S/C30H31F3N3O6S/c1-36(13-5-6-14-36)16-21-18-43-27-24(34-15-20-7-3-4-8-23(20)42-29(39)30(31,32)33)26(37)35(27)25(21)28(38)41-17-19-9-11-22(40-2)12-10-19/h3-4,7-12,15,24,27H,5-6,13-14,16-18H2,1-2H3/q+1/t24-,27-/m1/s1. The highest BCUT2D eigenvalue weighted by Gasteiger charge is 2.54. The van der Waals surface area contributed by atoms with Crippen molar-refractivity contribution in [1.29, 1.82) is 0 Å². The van der Waals surface area contributed by atoms with Crippen LogP contribution in [-0.2, 0) is 25.7 Å². The van der Waals surface area contributed by atoms with Crippen LogP contribution in [-0.4, -0.2) is 90.6 Å². The van der Waals surface area contributed by atoms with Crippen molar-refractivity contribution in [3.63, 3.8) is 0 Å². The van der Waals surface area contributed by atoms with Crippen molar-refractivity contribution >= 4 is 35.8 Å². The van der Waals surface area contributed by atoms with Gasteiger partial charge in [-0.2, -0.15) is 13.2 Å². The highest BCUT2D eigenvalue weighted by atomic mass is 32.2. The minimum absolute atomic E-state index is 0.0145. The number of benzene rings is 2. The number of thioether (sulfide) groups is 1. The number of hydrogen-bond acceptors (Lipinski definition) is 8. The van der Waals surface area contributed by atoms with Crippen molar-refractivity contribution < 1.29 is 46.2 Å². The molecule has 0 aromatic heterocycles. The summed E-state index contributed by atoms with van der Waals surface area (Å²) in [6, 6.07) is 11.8. The lowest BCUT2D eigenvalue weighted by Gasteiger charge is -2.48. The van der Waals surface area contributed by atoms with Gasteiger partial charge in [0.15, 0.2) is 6.04 Å². The number of amides is 1. The number of para-hydroxylation sites is 1. The van der Waals surface area contributed by atoms with Crippen molar-refractivity contribution in [2.45, 2.75) is 37.0 Å². The average molecular weight is 619 g/mol. The van der Waals surface area contributed by atoms with Crippen LogP contribution in [0.2, 0.25) is 0 Å². The van der Waals surface area contributed by atoms with Crippen molar-refractivity contribution in [2.24, 2.45) is 4.99 Å². The van der Waals surface area contributed by atoms with Crippen LogP contribution in [0.3, 0.4) is 0 Å². The number of methoxy groups -OCH3 is 1. The monoisotopic (exact) mass is 618 g/mol. The molecule has 2 atom stereocenters. The maximum absolute atomic E-state index is 13.5. The van der Waals surface area contributed by atoms with Gasteiger partial charge in [-0.1, -0.05) is 24.3 Å². The Labute approximate surface area is 250 Å². The third-order valence-electron chi connectivity index (χ3n) is 7.69. The fourth-order valence-electron chi connectivity index (χ4n) is 5.43. The van der Waals surface area contributed by atoms with Crippen molar-refractivity contribution in [2.75, 3.05) is 39.5 Å². The first kappa shape index (κ1) is 30.6. The van der Waals surface area contributed by atoms with Gasteiger partial charge in [0.25, 0.3) is 5.91 Å². The number of alkyl halides is 3. The van der Waals surface area contributed by atoms with Crippen LogP contribution in [0.15, 0.2) is 64.8 Å². The van der Waals surface area contributed by atoms with Crippen molar-refractivity contribution in [1.82, 2.24) is 4.90 Å². The smallest absolute Gasteiger partial charge is 0.491 e. The third kappa shape index (κ3) is 6.72. The first-order chi connectivity index (χ1) is 20.5. The van der Waals surface area contributed by atoms with Crippen LogP contribution in [0.25, 0.3) is 0 Å². The molecule has 228 valence electrons. The molecule has 0 aliphatic carbocycles. The number of carbonyl (C=O) groups excluding carboxylic acids is 3. The molecule has 0 spiro atoms. The molecule has 2 fully saturated rings. The Bertz CT molecular complexity index is 1450. The van der Waals surface area contributed by atoms with Gasteiger partial charge in [-0.05, 0) is 29.8 Å². The van der Waals surface area contributed by atoms with Crippen molar-refractivity contribution in [3.05, 3.63) is 70.9 Å². The molecule has 3 aliphatic rings. The van der Waals surface area contributed by atoms with Gasteiger partial charge >= 0.3 is 18.1 Å². The second-order valence-electron chi connectivity index (χ2n) is 10.9. The fourth-order valence-corrected chi connectivity index (χ4v) is 6.76. The number of hydrogen-bond donors (Lipinski definition) is 0. The van der Waals surface area contributed by atoms with Gasteiger partial charge in [0.2, 0.25) is 0 Å². The second-order valence-corrected chi connectivity index (χ2v) is 12.0. The van der Waals surface area contributed by atoms with E-state index in [1.165, 1.54) is 41.1 Å². The maximum atomic E-state index is 13.5. The summed E-state index contributed by atoms with van der Waals surface area (Å²) in [5.41, 5.74) is 1.94. The maximum Gasteiger partial charge on any atom is 0.491 e. The molecule has 3 heterocycles. The predicted molar refractivity (Wildman–Crippen MR) is 152 cm³/mol. The number of likely N-dealkylation sites (N-methyl/N-ethyl adjacent to an activating group) is 1. The van der Waals surface area contributed by atoms with Gasteiger partial charge in [-0.25, -0.2) is 9.59 Å². The molecular formula is C30H31F3N3O6S+. The minimum Gasteiger partial charge on any atom is -0.497 e. The lowest BCUT2D eigenvalue weighted by atomic mass is 10.0. The number of likely N-dealkylation sites (tertiary alicyclic amines) is 1. The molecule has 43 heavy (non-hydrogen) atoms. The van der Waals surface area contributed by atoms with Gasteiger partial charge < -0.3 is 18.7 Å². The van der Waals surface area contributed by atoms with Crippen LogP contribution < -0.4 is 9.47 Å². The molecule has 0 N–H and O–H groups in total. The van der Waals surface area contributed by atoms with Crippen molar-refractivity contribution in [3.8, 4) is 11.5 Å².